The van der Waals surface area contributed by atoms with E-state index in [1.54, 1.807) is 6.08 Å². The predicted octanol–water partition coefficient (Wildman–Crippen LogP) is 17.4. The number of carbonyl (C=O) groups is 1. The summed E-state index contributed by atoms with van der Waals surface area (Å²) in [5.41, 5.74) is 0. The lowest BCUT2D eigenvalue weighted by molar-refractivity contribution is -0.359. The van der Waals surface area contributed by atoms with E-state index >= 15 is 0 Å². The highest BCUT2D eigenvalue weighted by Gasteiger charge is 2.51. The lowest BCUT2D eigenvalue weighted by atomic mass is 9.97. The maximum atomic E-state index is 13.4. The average molecular weight is 1360 g/mol. The number of rotatable bonds is 63. The summed E-state index contributed by atoms with van der Waals surface area (Å²) in [6.07, 6.45) is 81.0. The average Bonchev–Trinajstić information content (AvgIpc) is 0.794. The molecular weight excluding hydrogens is 1220 g/mol. The Bertz CT molecular complexity index is 2140. The summed E-state index contributed by atoms with van der Waals surface area (Å²) in [5, 5.41) is 87.6. The van der Waals surface area contributed by atoms with Gasteiger partial charge in [0.15, 0.2) is 12.6 Å². The van der Waals surface area contributed by atoms with Gasteiger partial charge in [-0.25, -0.2) is 0 Å². The van der Waals surface area contributed by atoms with Crippen LogP contribution >= 0.6 is 0 Å². The van der Waals surface area contributed by atoms with Crippen molar-refractivity contribution >= 4 is 5.91 Å². The molecule has 1 amide bonds. The first-order valence-corrected chi connectivity index (χ1v) is 38.9. The van der Waals surface area contributed by atoms with Gasteiger partial charge in [-0.3, -0.25) is 4.79 Å². The fraction of sp³-hybridized carbons (Fsp3) is 0.723. The second-order valence-corrected chi connectivity index (χ2v) is 26.7. The Morgan fingerprint density at radius 3 is 1.13 bits per heavy atom. The van der Waals surface area contributed by atoms with Crippen LogP contribution in [0.5, 0.6) is 0 Å². The Morgan fingerprint density at radius 1 is 0.381 bits per heavy atom. The number of hydrogen-bond acceptors (Lipinski definition) is 13. The van der Waals surface area contributed by atoms with Crippen molar-refractivity contribution in [3.8, 4) is 0 Å². The zero-order chi connectivity index (χ0) is 70.1. The predicted molar refractivity (Wildman–Crippen MR) is 401 cm³/mol. The summed E-state index contributed by atoms with van der Waals surface area (Å²) < 4.78 is 22.9. The van der Waals surface area contributed by atoms with Crippen LogP contribution in [0, 0.1) is 0 Å². The highest BCUT2D eigenvalue weighted by atomic mass is 16.7. The molecule has 2 rings (SSSR count). The van der Waals surface area contributed by atoms with Crippen LogP contribution in [-0.4, -0.2) is 140 Å². The number of hydrogen-bond donors (Lipinski definition) is 9. The molecule has 9 N–H and O–H groups in total. The zero-order valence-corrected chi connectivity index (χ0v) is 60.8. The van der Waals surface area contributed by atoms with Crippen LogP contribution in [0.2, 0.25) is 0 Å². The van der Waals surface area contributed by atoms with Gasteiger partial charge >= 0.3 is 0 Å². The highest BCUT2D eigenvalue weighted by Crippen LogP contribution is 2.30. The molecule has 0 aromatic rings. The molecular formula is C83H141NO13. The monoisotopic (exact) mass is 1360 g/mol. The van der Waals surface area contributed by atoms with Crippen molar-refractivity contribution in [1.29, 1.82) is 0 Å². The van der Waals surface area contributed by atoms with Gasteiger partial charge in [0.05, 0.1) is 32.0 Å². The summed E-state index contributed by atoms with van der Waals surface area (Å²) in [4.78, 5) is 13.4. The number of ether oxygens (including phenoxy) is 4. The van der Waals surface area contributed by atoms with Crippen LogP contribution in [0.15, 0.2) is 134 Å². The third-order valence-electron chi connectivity index (χ3n) is 18.1. The topological polar surface area (TPSA) is 228 Å². The van der Waals surface area contributed by atoms with Gasteiger partial charge in [0.2, 0.25) is 5.91 Å². The molecule has 0 bridgehead atoms. The van der Waals surface area contributed by atoms with Gasteiger partial charge in [-0.15, -0.1) is 0 Å². The van der Waals surface area contributed by atoms with E-state index in [2.05, 4.69) is 141 Å². The summed E-state index contributed by atoms with van der Waals surface area (Å²) in [6.45, 7) is 2.67. The van der Waals surface area contributed by atoms with Crippen molar-refractivity contribution in [3.63, 3.8) is 0 Å². The molecule has 0 aromatic carbocycles. The Kier molecular flexibility index (Phi) is 60.2. The molecule has 2 aliphatic rings. The van der Waals surface area contributed by atoms with E-state index < -0.39 is 86.8 Å². The van der Waals surface area contributed by atoms with Crippen molar-refractivity contribution in [2.75, 3.05) is 19.8 Å². The number of aliphatic hydroxyl groups is 8. The molecule has 0 aromatic heterocycles. The second kappa shape index (κ2) is 65.4. The lowest BCUT2D eigenvalue weighted by Gasteiger charge is -2.46. The molecule has 2 heterocycles. The molecule has 2 aliphatic heterocycles. The molecule has 2 saturated heterocycles. The first kappa shape index (κ1) is 89.2. The highest BCUT2D eigenvalue weighted by molar-refractivity contribution is 5.76. The van der Waals surface area contributed by atoms with Crippen LogP contribution in [0.4, 0.5) is 0 Å². The summed E-state index contributed by atoms with van der Waals surface area (Å²) in [5.74, 6) is -0.284. The van der Waals surface area contributed by atoms with Gasteiger partial charge in [0, 0.05) is 6.42 Å². The smallest absolute Gasteiger partial charge is 0.220 e. The Hall–Kier alpha value is -3.87. The van der Waals surface area contributed by atoms with Gasteiger partial charge in [-0.05, 0) is 103 Å². The summed E-state index contributed by atoms with van der Waals surface area (Å²) in [6, 6.07) is -0.963. The largest absolute Gasteiger partial charge is 0.394 e. The zero-order valence-electron chi connectivity index (χ0n) is 60.8. The number of unbranched alkanes of at least 4 members (excludes halogenated alkanes) is 30. The molecule has 556 valence electrons. The first-order valence-electron chi connectivity index (χ1n) is 38.9. The van der Waals surface area contributed by atoms with Gasteiger partial charge in [0.1, 0.15) is 48.8 Å². The van der Waals surface area contributed by atoms with Gasteiger partial charge in [0.25, 0.3) is 0 Å². The van der Waals surface area contributed by atoms with E-state index in [9.17, 15) is 45.6 Å². The molecule has 12 atom stereocenters. The first-order chi connectivity index (χ1) is 47.6. The van der Waals surface area contributed by atoms with E-state index in [0.717, 1.165) is 89.9 Å². The molecule has 0 spiro atoms. The van der Waals surface area contributed by atoms with Crippen molar-refractivity contribution in [1.82, 2.24) is 5.32 Å². The molecule has 14 nitrogen and oxygen atoms in total. The van der Waals surface area contributed by atoms with E-state index in [4.69, 9.17) is 18.9 Å². The van der Waals surface area contributed by atoms with E-state index in [0.29, 0.717) is 12.8 Å². The number of allylic oxidation sites excluding steroid dienone is 21. The molecule has 14 heteroatoms. The maximum absolute atomic E-state index is 13.4. The van der Waals surface area contributed by atoms with Gasteiger partial charge < -0.3 is 65.1 Å². The molecule has 0 radical (unpaired) electrons. The Morgan fingerprint density at radius 2 is 0.722 bits per heavy atom. The number of nitrogens with one attached hydrogen (secondary N) is 1. The SMILES string of the molecule is CC/C=C\C/C=C\C/C=C\C/C=C\C/C=C\C/C=C\C/C=C\C/C=C\C/C=C\CCCCCC(=O)NC(COC1OC(CO)C(OC2OC(CO)C(O)C(O)C2O)C(O)C1O)C(O)/C=C/CC/C=C/CCCCCCCCCCCCCCCCCCCCCCCCCCCC. The Labute approximate surface area is 590 Å². The third-order valence-corrected chi connectivity index (χ3v) is 18.1. The second-order valence-electron chi connectivity index (χ2n) is 26.7. The van der Waals surface area contributed by atoms with Gasteiger partial charge in [-0.1, -0.05) is 314 Å². The lowest BCUT2D eigenvalue weighted by Crippen LogP contribution is -2.65. The van der Waals surface area contributed by atoms with Crippen molar-refractivity contribution < 1.29 is 64.6 Å². The number of carbonyl (C=O) groups excluding carboxylic acids is 1. The van der Waals surface area contributed by atoms with Crippen molar-refractivity contribution in [2.24, 2.45) is 0 Å². The van der Waals surface area contributed by atoms with Crippen LogP contribution in [-0.2, 0) is 23.7 Å². The minimum Gasteiger partial charge on any atom is -0.394 e. The van der Waals surface area contributed by atoms with Gasteiger partial charge in [-0.2, -0.15) is 0 Å². The fourth-order valence-electron chi connectivity index (χ4n) is 11.9. The molecule has 12 unspecified atom stereocenters. The molecule has 97 heavy (non-hydrogen) atoms. The summed E-state index contributed by atoms with van der Waals surface area (Å²) in [7, 11) is 0. The van der Waals surface area contributed by atoms with Crippen LogP contribution in [0.1, 0.15) is 290 Å². The quantitative estimate of drug-likeness (QED) is 0.0204. The maximum Gasteiger partial charge on any atom is 0.220 e. The minimum atomic E-state index is -1.80. The van der Waals surface area contributed by atoms with E-state index in [1.807, 2.05) is 6.08 Å². The molecule has 0 aliphatic carbocycles. The normalized spacial score (nSPS) is 22.9. The van der Waals surface area contributed by atoms with E-state index in [-0.39, 0.29) is 18.9 Å². The summed E-state index contributed by atoms with van der Waals surface area (Å²) >= 11 is 0. The molecule has 0 saturated carbocycles. The Balaban J connectivity index is 1.69. The van der Waals surface area contributed by atoms with E-state index in [1.165, 1.54) is 167 Å². The standard InChI is InChI=1S/C83H141NO13/c1-3-5-7-9-11-13-15-17-19-21-23-25-27-29-31-33-35-37-38-40-42-44-46-48-50-52-54-56-58-60-62-64-66-72(87)71(70-94-82-80(93)78(91)81(74(69-86)96-82)97-83-79(92)77(90)76(89)73(68-85)95-83)84-75(88)67-65-63-61-59-57-55-53-51-49-47-45-43-41-39-36-34-32-30-28-26-24-22-20-18-16-14-12-10-8-6-4-2/h6,8,12,14,18,20,24,26,30,32,36,39,43,45,49,51,55-58,64,66,71-74,76-83,85-87,89-93H,3-5,7,9-11,13,15-17,19,21-23,25,27-29,31,33-35,37-38,40-42,44,46-48,50,52-54,59-63,65,67-70H2,1-2H3,(H,84,88)/b8-6-,14-12-,20-18-,26-24-,32-30-,39-36-,45-43-,51-49-,57-55-,58-56+,66-64+. The van der Waals surface area contributed by atoms with Crippen LogP contribution < -0.4 is 5.32 Å². The number of amides is 1. The van der Waals surface area contributed by atoms with Crippen LogP contribution in [0.25, 0.3) is 0 Å². The molecule has 2 fully saturated rings. The van der Waals surface area contributed by atoms with Crippen LogP contribution in [0.3, 0.4) is 0 Å². The van der Waals surface area contributed by atoms with Crippen molar-refractivity contribution in [2.45, 2.75) is 364 Å². The number of aliphatic hydroxyl groups excluding tert-OH is 8. The third kappa shape index (κ3) is 48.6. The minimum absolute atomic E-state index is 0.224. The van der Waals surface area contributed by atoms with Crippen molar-refractivity contribution in [3.05, 3.63) is 134 Å². The fourth-order valence-corrected chi connectivity index (χ4v) is 11.9.